The average molecular weight is 316 g/mol. The van der Waals surface area contributed by atoms with E-state index in [4.69, 9.17) is 13.9 Å². The van der Waals surface area contributed by atoms with E-state index in [2.05, 4.69) is 20.2 Å². The first kappa shape index (κ1) is 14.5. The Morgan fingerprint density at radius 3 is 2.74 bits per heavy atom. The fraction of sp³-hybridized carbons (Fsp3) is 0.500. The molecule has 0 saturated carbocycles. The lowest BCUT2D eigenvalue weighted by molar-refractivity contribution is -0.169. The van der Waals surface area contributed by atoms with Crippen LogP contribution in [0.15, 0.2) is 35.1 Å². The van der Waals surface area contributed by atoms with Gasteiger partial charge >= 0.3 is 0 Å². The zero-order valence-electron chi connectivity index (χ0n) is 12.9. The number of furan rings is 1. The molecule has 122 valence electrons. The van der Waals surface area contributed by atoms with E-state index in [1.165, 1.54) is 0 Å². The summed E-state index contributed by atoms with van der Waals surface area (Å²) >= 11 is 0. The van der Waals surface area contributed by atoms with Crippen molar-refractivity contribution in [1.29, 1.82) is 0 Å². The highest BCUT2D eigenvalue weighted by atomic mass is 16.7. The van der Waals surface area contributed by atoms with Gasteiger partial charge in [-0.15, -0.1) is 0 Å². The van der Waals surface area contributed by atoms with Crippen LogP contribution in [0.4, 0.5) is 11.8 Å². The summed E-state index contributed by atoms with van der Waals surface area (Å²) in [6.45, 7) is 3.67. The Hall–Kier alpha value is -2.12. The molecular formula is C16H20N4O3. The maximum Gasteiger partial charge on any atom is 0.227 e. The summed E-state index contributed by atoms with van der Waals surface area (Å²) in [7, 11) is 0. The molecule has 7 nitrogen and oxygen atoms in total. The fourth-order valence-corrected chi connectivity index (χ4v) is 3.02. The number of aromatic nitrogens is 2. The molecule has 4 rings (SSSR count). The van der Waals surface area contributed by atoms with E-state index in [0.29, 0.717) is 19.8 Å². The van der Waals surface area contributed by atoms with Gasteiger partial charge < -0.3 is 24.1 Å². The van der Waals surface area contributed by atoms with Crippen LogP contribution in [0.3, 0.4) is 0 Å². The number of hydrogen-bond acceptors (Lipinski definition) is 7. The molecule has 0 atom stereocenters. The molecule has 2 aliphatic rings. The average Bonchev–Trinajstić information content (AvgIpc) is 3.26. The van der Waals surface area contributed by atoms with Crippen molar-refractivity contribution in [2.45, 2.75) is 25.2 Å². The molecule has 0 amide bonds. The molecule has 23 heavy (non-hydrogen) atoms. The Morgan fingerprint density at radius 2 is 2.00 bits per heavy atom. The Morgan fingerprint density at radius 1 is 1.17 bits per heavy atom. The second kappa shape index (κ2) is 6.17. The first-order valence-electron chi connectivity index (χ1n) is 7.95. The summed E-state index contributed by atoms with van der Waals surface area (Å²) in [6, 6.07) is 5.67. The molecule has 0 aromatic carbocycles. The molecule has 0 aliphatic carbocycles. The summed E-state index contributed by atoms with van der Waals surface area (Å²) < 4.78 is 16.8. The molecular weight excluding hydrogens is 296 g/mol. The van der Waals surface area contributed by atoms with Crippen molar-refractivity contribution in [3.8, 4) is 0 Å². The van der Waals surface area contributed by atoms with E-state index in [1.807, 2.05) is 18.2 Å². The third-order valence-electron chi connectivity index (χ3n) is 4.29. The molecule has 2 aromatic rings. The van der Waals surface area contributed by atoms with Crippen LogP contribution in [-0.4, -0.2) is 42.1 Å². The summed E-state index contributed by atoms with van der Waals surface area (Å²) in [5.41, 5.74) is 0. The van der Waals surface area contributed by atoms with Crippen LogP contribution in [0.25, 0.3) is 0 Å². The third-order valence-corrected chi connectivity index (χ3v) is 4.29. The first-order valence-corrected chi connectivity index (χ1v) is 7.95. The van der Waals surface area contributed by atoms with Crippen LogP contribution >= 0.6 is 0 Å². The Labute approximate surface area is 134 Å². The maximum atomic E-state index is 5.76. The molecule has 4 heterocycles. The molecule has 0 radical (unpaired) electrons. The van der Waals surface area contributed by atoms with Crippen LogP contribution < -0.4 is 10.2 Å². The van der Waals surface area contributed by atoms with E-state index in [1.54, 1.807) is 12.5 Å². The van der Waals surface area contributed by atoms with Crippen LogP contribution in [0.1, 0.15) is 18.6 Å². The molecule has 2 aromatic heterocycles. The van der Waals surface area contributed by atoms with Gasteiger partial charge in [-0.05, 0) is 18.2 Å². The van der Waals surface area contributed by atoms with E-state index in [0.717, 1.165) is 43.5 Å². The molecule has 2 fully saturated rings. The van der Waals surface area contributed by atoms with E-state index in [9.17, 15) is 0 Å². The van der Waals surface area contributed by atoms with Crippen molar-refractivity contribution in [2.24, 2.45) is 0 Å². The van der Waals surface area contributed by atoms with Crippen molar-refractivity contribution in [1.82, 2.24) is 9.97 Å². The van der Waals surface area contributed by atoms with Crippen molar-refractivity contribution in [2.75, 3.05) is 36.5 Å². The van der Waals surface area contributed by atoms with E-state index < -0.39 is 0 Å². The molecule has 1 spiro atoms. The summed E-state index contributed by atoms with van der Waals surface area (Å²) in [4.78, 5) is 11.2. The summed E-state index contributed by atoms with van der Waals surface area (Å²) in [6.07, 6.45) is 5.14. The molecule has 2 saturated heterocycles. The van der Waals surface area contributed by atoms with Gasteiger partial charge in [-0.2, -0.15) is 4.98 Å². The van der Waals surface area contributed by atoms with E-state index >= 15 is 0 Å². The van der Waals surface area contributed by atoms with Crippen molar-refractivity contribution >= 4 is 11.8 Å². The standard InChI is InChI=1S/C16H20N4O3/c1-2-13(21-9-1)12-18-14-3-6-17-15(19-14)20-7-4-16(5-8-20)22-10-11-23-16/h1-3,6,9H,4-5,7-8,10-12H2,(H,17,18,19). The predicted octanol–water partition coefficient (Wildman–Crippen LogP) is 2.02. The van der Waals surface area contributed by atoms with Gasteiger partial charge in [0.2, 0.25) is 5.95 Å². The van der Waals surface area contributed by atoms with Gasteiger partial charge in [-0.25, -0.2) is 4.98 Å². The highest BCUT2D eigenvalue weighted by Gasteiger charge is 2.40. The number of ether oxygens (including phenoxy) is 2. The first-order chi connectivity index (χ1) is 11.3. The quantitative estimate of drug-likeness (QED) is 0.925. The second-order valence-corrected chi connectivity index (χ2v) is 5.77. The minimum Gasteiger partial charge on any atom is -0.467 e. The number of nitrogens with zero attached hydrogens (tertiary/aromatic N) is 3. The molecule has 2 aliphatic heterocycles. The van der Waals surface area contributed by atoms with Crippen LogP contribution in [-0.2, 0) is 16.0 Å². The monoisotopic (exact) mass is 316 g/mol. The van der Waals surface area contributed by atoms with Crippen molar-refractivity contribution in [3.63, 3.8) is 0 Å². The van der Waals surface area contributed by atoms with Gasteiger partial charge in [0.1, 0.15) is 11.6 Å². The van der Waals surface area contributed by atoms with Gasteiger partial charge in [0.25, 0.3) is 0 Å². The van der Waals surface area contributed by atoms with Gasteiger partial charge in [0, 0.05) is 32.1 Å². The molecule has 0 bridgehead atoms. The van der Waals surface area contributed by atoms with Crippen molar-refractivity contribution in [3.05, 3.63) is 36.4 Å². The minimum absolute atomic E-state index is 0.369. The number of anilines is 2. The molecule has 0 unspecified atom stereocenters. The third kappa shape index (κ3) is 3.16. The normalized spacial score (nSPS) is 20.1. The second-order valence-electron chi connectivity index (χ2n) is 5.77. The van der Waals surface area contributed by atoms with Crippen LogP contribution in [0.2, 0.25) is 0 Å². The lowest BCUT2D eigenvalue weighted by Crippen LogP contribution is -2.45. The van der Waals surface area contributed by atoms with Gasteiger partial charge in [0.05, 0.1) is 26.0 Å². The lowest BCUT2D eigenvalue weighted by Gasteiger charge is -2.37. The fourth-order valence-electron chi connectivity index (χ4n) is 3.02. The number of rotatable bonds is 4. The highest BCUT2D eigenvalue weighted by molar-refractivity contribution is 5.41. The SMILES string of the molecule is c1coc(CNc2ccnc(N3CCC4(CC3)OCCO4)n2)c1. The summed E-state index contributed by atoms with van der Waals surface area (Å²) in [5.74, 6) is 2.04. The van der Waals surface area contributed by atoms with Gasteiger partial charge in [-0.3, -0.25) is 0 Å². The van der Waals surface area contributed by atoms with Gasteiger partial charge in [-0.1, -0.05) is 0 Å². The highest BCUT2D eigenvalue weighted by Crippen LogP contribution is 2.32. The topological polar surface area (TPSA) is 72.7 Å². The zero-order valence-corrected chi connectivity index (χ0v) is 12.9. The van der Waals surface area contributed by atoms with Crippen molar-refractivity contribution < 1.29 is 13.9 Å². The smallest absolute Gasteiger partial charge is 0.227 e. The Balaban J connectivity index is 1.38. The largest absolute Gasteiger partial charge is 0.467 e. The minimum atomic E-state index is -0.369. The predicted molar refractivity (Wildman–Crippen MR) is 84.1 cm³/mol. The lowest BCUT2D eigenvalue weighted by atomic mass is 10.0. The zero-order chi connectivity index (χ0) is 15.5. The van der Waals surface area contributed by atoms with E-state index in [-0.39, 0.29) is 5.79 Å². The van der Waals surface area contributed by atoms with Crippen LogP contribution in [0.5, 0.6) is 0 Å². The van der Waals surface area contributed by atoms with Gasteiger partial charge in [0.15, 0.2) is 5.79 Å². The Bertz CT molecular complexity index is 631. The Kier molecular flexibility index (Phi) is 3.88. The molecule has 1 N–H and O–H groups in total. The number of nitrogens with one attached hydrogen (secondary N) is 1. The summed E-state index contributed by atoms with van der Waals surface area (Å²) in [5, 5.41) is 3.25. The van der Waals surface area contributed by atoms with Crippen LogP contribution in [0, 0.1) is 0 Å². The maximum absolute atomic E-state index is 5.76. The number of hydrogen-bond donors (Lipinski definition) is 1. The molecule has 7 heteroatoms. The number of piperidine rings is 1.